The van der Waals surface area contributed by atoms with E-state index in [0.717, 1.165) is 11.5 Å². The van der Waals surface area contributed by atoms with Crippen LogP contribution in [0.1, 0.15) is 5.82 Å². The maximum atomic E-state index is 4.13. The van der Waals surface area contributed by atoms with Crippen molar-refractivity contribution in [2.24, 2.45) is 0 Å². The number of nitrogens with zero attached hydrogens (tertiary/aromatic N) is 3. The van der Waals surface area contributed by atoms with Gasteiger partial charge in [0.1, 0.15) is 5.82 Å². The number of rotatable bonds is 1. The molecular weight excluding hydrogens is 150 g/mol. The second kappa shape index (κ2) is 2.77. The highest BCUT2D eigenvalue weighted by atomic mass is 15.3. The van der Waals surface area contributed by atoms with Gasteiger partial charge in [-0.1, -0.05) is 18.2 Å². The van der Waals surface area contributed by atoms with Crippen molar-refractivity contribution in [1.29, 1.82) is 0 Å². The van der Waals surface area contributed by atoms with Crippen LogP contribution in [0.2, 0.25) is 0 Å². The summed E-state index contributed by atoms with van der Waals surface area (Å²) in [6.45, 7) is 1.84. The smallest absolute Gasteiger partial charge is 0.201 e. The molecule has 0 atom stereocenters. The van der Waals surface area contributed by atoms with Crippen molar-refractivity contribution in [2.45, 2.75) is 6.92 Å². The molecule has 1 aromatic carbocycles. The minimum Gasteiger partial charge on any atom is -0.210 e. The average Bonchev–Trinajstić information content (AvgIpc) is 2.54. The molecule has 2 rings (SSSR count). The van der Waals surface area contributed by atoms with Gasteiger partial charge in [-0.3, -0.25) is 0 Å². The third-order valence-electron chi connectivity index (χ3n) is 1.55. The fraction of sp³-hybridized carbons (Fsp3) is 0.111. The molecule has 0 spiro atoms. The van der Waals surface area contributed by atoms with Crippen molar-refractivity contribution in [3.8, 4) is 5.69 Å². The number of benzene rings is 1. The van der Waals surface area contributed by atoms with Crippen molar-refractivity contribution >= 4 is 0 Å². The van der Waals surface area contributed by atoms with Gasteiger partial charge in [0.25, 0.3) is 0 Å². The number of hydrogen-bond donors (Lipinski definition) is 0. The molecule has 0 aliphatic rings. The first-order chi connectivity index (χ1) is 5.86. The van der Waals surface area contributed by atoms with E-state index in [2.05, 4.69) is 16.4 Å². The van der Waals surface area contributed by atoms with Gasteiger partial charge in [0.15, 0.2) is 0 Å². The van der Waals surface area contributed by atoms with Gasteiger partial charge in [-0.25, -0.2) is 9.67 Å². The van der Waals surface area contributed by atoms with E-state index in [4.69, 9.17) is 0 Å². The molecule has 0 N–H and O–H groups in total. The Labute approximate surface area is 70.7 Å². The largest absolute Gasteiger partial charge is 0.210 e. The summed E-state index contributed by atoms with van der Waals surface area (Å²) in [7, 11) is 0. The SMILES string of the molecule is Cc1n[c]n(-c2ccccc2)n1. The molecule has 3 heteroatoms. The highest BCUT2D eigenvalue weighted by molar-refractivity contribution is 5.28. The Kier molecular flexibility index (Phi) is 1.63. The molecule has 59 valence electrons. The van der Waals surface area contributed by atoms with E-state index in [9.17, 15) is 0 Å². The van der Waals surface area contributed by atoms with Crippen LogP contribution < -0.4 is 0 Å². The second-order valence-corrected chi connectivity index (χ2v) is 2.51. The minimum atomic E-state index is 0.735. The minimum absolute atomic E-state index is 0.735. The van der Waals surface area contributed by atoms with Crippen LogP contribution in [0.15, 0.2) is 30.3 Å². The van der Waals surface area contributed by atoms with E-state index in [1.807, 2.05) is 37.3 Å². The summed E-state index contributed by atoms with van der Waals surface area (Å²) < 4.78 is 1.63. The summed E-state index contributed by atoms with van der Waals surface area (Å²) >= 11 is 0. The Hall–Kier alpha value is -1.64. The Balaban J connectivity index is 2.45. The molecule has 1 aromatic heterocycles. The molecule has 0 aliphatic carbocycles. The molecular formula is C9H8N3. The molecule has 0 fully saturated rings. The van der Waals surface area contributed by atoms with Crippen LogP contribution in [0.4, 0.5) is 0 Å². The quantitative estimate of drug-likeness (QED) is 0.627. The average molecular weight is 158 g/mol. The molecule has 0 saturated heterocycles. The summed E-state index contributed by atoms with van der Waals surface area (Å²) in [6, 6.07) is 9.81. The van der Waals surface area contributed by atoms with Crippen molar-refractivity contribution in [1.82, 2.24) is 14.8 Å². The number of para-hydroxylation sites is 1. The van der Waals surface area contributed by atoms with E-state index in [1.54, 1.807) is 4.68 Å². The number of hydrogen-bond acceptors (Lipinski definition) is 2. The van der Waals surface area contributed by atoms with Crippen LogP contribution in [0, 0.1) is 13.3 Å². The first-order valence-corrected chi connectivity index (χ1v) is 3.73. The fourth-order valence-corrected chi connectivity index (χ4v) is 0.994. The molecule has 0 aliphatic heterocycles. The van der Waals surface area contributed by atoms with Crippen LogP contribution in [0.25, 0.3) is 5.69 Å². The number of aromatic nitrogens is 3. The summed E-state index contributed by atoms with van der Waals surface area (Å²) in [5.41, 5.74) is 0.984. The maximum Gasteiger partial charge on any atom is 0.201 e. The molecule has 1 radical (unpaired) electrons. The number of aryl methyl sites for hydroxylation is 1. The molecule has 0 unspecified atom stereocenters. The summed E-state index contributed by atoms with van der Waals surface area (Å²) in [6.07, 6.45) is 2.78. The van der Waals surface area contributed by atoms with Gasteiger partial charge in [-0.05, 0) is 19.1 Å². The van der Waals surface area contributed by atoms with Crippen LogP contribution in [0.5, 0.6) is 0 Å². The van der Waals surface area contributed by atoms with Crippen molar-refractivity contribution in [3.63, 3.8) is 0 Å². The lowest BCUT2D eigenvalue weighted by atomic mass is 10.3. The lowest BCUT2D eigenvalue weighted by Crippen LogP contribution is -1.93. The Morgan fingerprint density at radius 3 is 2.58 bits per heavy atom. The molecule has 0 saturated carbocycles. The van der Waals surface area contributed by atoms with E-state index in [1.165, 1.54) is 0 Å². The highest BCUT2D eigenvalue weighted by Crippen LogP contribution is 2.03. The summed E-state index contributed by atoms with van der Waals surface area (Å²) in [5, 5.41) is 4.13. The lowest BCUT2D eigenvalue weighted by molar-refractivity contribution is 0.857. The van der Waals surface area contributed by atoms with Gasteiger partial charge < -0.3 is 0 Å². The molecule has 3 nitrogen and oxygen atoms in total. The van der Waals surface area contributed by atoms with Crippen molar-refractivity contribution in [2.75, 3.05) is 0 Å². The van der Waals surface area contributed by atoms with Crippen LogP contribution >= 0.6 is 0 Å². The Morgan fingerprint density at radius 1 is 1.25 bits per heavy atom. The topological polar surface area (TPSA) is 30.7 Å². The predicted octanol–water partition coefficient (Wildman–Crippen LogP) is 1.38. The fourth-order valence-electron chi connectivity index (χ4n) is 0.994. The van der Waals surface area contributed by atoms with E-state index < -0.39 is 0 Å². The van der Waals surface area contributed by atoms with E-state index >= 15 is 0 Å². The highest BCUT2D eigenvalue weighted by Gasteiger charge is 1.96. The van der Waals surface area contributed by atoms with Crippen LogP contribution in [-0.4, -0.2) is 14.8 Å². The monoisotopic (exact) mass is 158 g/mol. The van der Waals surface area contributed by atoms with Crippen LogP contribution in [-0.2, 0) is 0 Å². The van der Waals surface area contributed by atoms with Gasteiger partial charge in [-0.2, -0.15) is 5.10 Å². The third kappa shape index (κ3) is 1.21. The van der Waals surface area contributed by atoms with Crippen molar-refractivity contribution < 1.29 is 0 Å². The maximum absolute atomic E-state index is 4.13. The zero-order valence-electron chi connectivity index (χ0n) is 6.73. The third-order valence-corrected chi connectivity index (χ3v) is 1.55. The Bertz CT molecular complexity index is 364. The predicted molar refractivity (Wildman–Crippen MR) is 44.9 cm³/mol. The zero-order chi connectivity index (χ0) is 8.39. The lowest BCUT2D eigenvalue weighted by Gasteiger charge is -1.96. The standard InChI is InChI=1S/C9H8N3/c1-8-10-7-12(11-8)9-5-3-2-4-6-9/h2-6H,1H3. The first-order valence-electron chi connectivity index (χ1n) is 3.73. The molecule has 0 amide bonds. The summed E-state index contributed by atoms with van der Waals surface area (Å²) in [4.78, 5) is 3.92. The van der Waals surface area contributed by atoms with Gasteiger partial charge >= 0.3 is 0 Å². The Morgan fingerprint density at radius 2 is 2.00 bits per heavy atom. The van der Waals surface area contributed by atoms with E-state index in [-0.39, 0.29) is 0 Å². The van der Waals surface area contributed by atoms with Gasteiger partial charge in [-0.15, -0.1) is 0 Å². The molecule has 12 heavy (non-hydrogen) atoms. The summed E-state index contributed by atoms with van der Waals surface area (Å²) in [5.74, 6) is 0.735. The second-order valence-electron chi connectivity index (χ2n) is 2.51. The van der Waals surface area contributed by atoms with Gasteiger partial charge in [0, 0.05) is 0 Å². The first kappa shape index (κ1) is 7.03. The molecule has 2 aromatic rings. The van der Waals surface area contributed by atoms with Gasteiger partial charge in [0.2, 0.25) is 6.33 Å². The van der Waals surface area contributed by atoms with Crippen LogP contribution in [0.3, 0.4) is 0 Å². The van der Waals surface area contributed by atoms with Crippen molar-refractivity contribution in [3.05, 3.63) is 42.5 Å². The zero-order valence-corrected chi connectivity index (χ0v) is 6.73. The van der Waals surface area contributed by atoms with E-state index in [0.29, 0.717) is 0 Å². The van der Waals surface area contributed by atoms with Gasteiger partial charge in [0.05, 0.1) is 5.69 Å². The normalized spacial score (nSPS) is 10.1. The molecule has 0 bridgehead atoms. The molecule has 1 heterocycles.